The molecule has 0 radical (unpaired) electrons. The summed E-state index contributed by atoms with van der Waals surface area (Å²) in [6.45, 7) is 2.82. The quantitative estimate of drug-likeness (QED) is 0.842. The Hall–Kier alpha value is -1.75. The normalized spacial score (nSPS) is 19.2. The molecule has 1 aromatic carbocycles. The molecule has 2 rings (SSSR count). The number of likely N-dealkylation sites (tertiary alicyclic amines) is 1. The molecule has 0 bridgehead atoms. The molecule has 1 aliphatic rings. The maximum absolute atomic E-state index is 12.1. The van der Waals surface area contributed by atoms with Crippen LogP contribution < -0.4 is 11.1 Å². The van der Waals surface area contributed by atoms with Crippen LogP contribution in [-0.2, 0) is 9.59 Å². The topological polar surface area (TPSA) is 75.4 Å². The van der Waals surface area contributed by atoms with Crippen LogP contribution in [0.25, 0.3) is 0 Å². The number of hydrogen-bond acceptors (Lipinski definition) is 3. The second-order valence-electron chi connectivity index (χ2n) is 5.53. The van der Waals surface area contributed by atoms with E-state index in [-0.39, 0.29) is 18.4 Å². The lowest BCUT2D eigenvalue weighted by Gasteiger charge is -2.20. The highest BCUT2D eigenvalue weighted by Gasteiger charge is 2.22. The highest BCUT2D eigenvalue weighted by molar-refractivity contribution is 6.31. The lowest BCUT2D eigenvalue weighted by Crippen LogP contribution is -2.37. The van der Waals surface area contributed by atoms with Crippen molar-refractivity contribution in [2.45, 2.75) is 26.2 Å². The number of nitrogens with one attached hydrogen (secondary N) is 1. The van der Waals surface area contributed by atoms with Gasteiger partial charge in [-0.1, -0.05) is 18.5 Å². The fourth-order valence-corrected chi connectivity index (χ4v) is 2.53. The summed E-state index contributed by atoms with van der Waals surface area (Å²) in [4.78, 5) is 25.6. The van der Waals surface area contributed by atoms with Gasteiger partial charge in [0, 0.05) is 18.0 Å². The maximum atomic E-state index is 12.1. The van der Waals surface area contributed by atoms with Gasteiger partial charge in [-0.05, 0) is 37.0 Å². The number of nitrogens with two attached hydrogens (primary N) is 1. The highest BCUT2D eigenvalue weighted by atomic mass is 35.5. The van der Waals surface area contributed by atoms with Crippen molar-refractivity contribution in [3.05, 3.63) is 23.2 Å². The van der Waals surface area contributed by atoms with Gasteiger partial charge in [-0.15, -0.1) is 0 Å². The van der Waals surface area contributed by atoms with Crippen LogP contribution in [0.2, 0.25) is 5.02 Å². The Morgan fingerprint density at radius 3 is 2.95 bits per heavy atom. The number of halogens is 1. The lowest BCUT2D eigenvalue weighted by atomic mass is 10.0. The Kier molecular flexibility index (Phi) is 5.07. The molecule has 1 atom stereocenters. The molecule has 2 amide bonds. The summed E-state index contributed by atoms with van der Waals surface area (Å²) < 4.78 is 0. The molecule has 21 heavy (non-hydrogen) atoms. The predicted molar refractivity (Wildman–Crippen MR) is 84.1 cm³/mol. The van der Waals surface area contributed by atoms with E-state index >= 15 is 0 Å². The summed E-state index contributed by atoms with van der Waals surface area (Å²) in [6, 6.07) is 4.89. The van der Waals surface area contributed by atoms with Crippen LogP contribution in [-0.4, -0.2) is 29.8 Å². The fourth-order valence-electron chi connectivity index (χ4n) is 2.35. The van der Waals surface area contributed by atoms with Crippen LogP contribution in [0.5, 0.6) is 0 Å². The third-order valence-corrected chi connectivity index (χ3v) is 3.95. The van der Waals surface area contributed by atoms with Gasteiger partial charge in [0.15, 0.2) is 0 Å². The molecule has 0 spiro atoms. The van der Waals surface area contributed by atoms with Gasteiger partial charge in [0.25, 0.3) is 0 Å². The van der Waals surface area contributed by atoms with Gasteiger partial charge in [0.1, 0.15) is 0 Å². The molecule has 114 valence electrons. The Balaban J connectivity index is 1.96. The molecule has 1 saturated heterocycles. The van der Waals surface area contributed by atoms with Crippen molar-refractivity contribution < 1.29 is 9.59 Å². The molecule has 1 unspecified atom stereocenters. The van der Waals surface area contributed by atoms with E-state index in [0.717, 1.165) is 12.8 Å². The average Bonchev–Trinajstić information content (AvgIpc) is 2.57. The summed E-state index contributed by atoms with van der Waals surface area (Å²) in [5.74, 6) is 0.319. The zero-order chi connectivity index (χ0) is 15.4. The fraction of sp³-hybridized carbons (Fsp3) is 0.467. The first-order valence-corrected chi connectivity index (χ1v) is 7.46. The van der Waals surface area contributed by atoms with Crippen molar-refractivity contribution in [2.75, 3.05) is 24.1 Å². The van der Waals surface area contributed by atoms with Crippen molar-refractivity contribution in [1.29, 1.82) is 0 Å². The zero-order valence-electron chi connectivity index (χ0n) is 12.1. The van der Waals surface area contributed by atoms with Gasteiger partial charge in [-0.2, -0.15) is 0 Å². The molecule has 0 saturated carbocycles. The Labute approximate surface area is 129 Å². The minimum absolute atomic E-state index is 0.0404. The minimum atomic E-state index is -0.244. The Morgan fingerprint density at radius 2 is 2.24 bits per heavy atom. The van der Waals surface area contributed by atoms with E-state index < -0.39 is 0 Å². The SMILES string of the molecule is CC1CCC(=O)N(CC(=O)Nc2ccc(Cl)cc2N)CC1. The summed E-state index contributed by atoms with van der Waals surface area (Å²) >= 11 is 5.81. The number of carbonyl (C=O) groups is 2. The van der Waals surface area contributed by atoms with E-state index in [4.69, 9.17) is 17.3 Å². The highest BCUT2D eigenvalue weighted by Crippen LogP contribution is 2.23. The van der Waals surface area contributed by atoms with Crippen LogP contribution in [0, 0.1) is 5.92 Å². The first-order valence-electron chi connectivity index (χ1n) is 7.08. The minimum Gasteiger partial charge on any atom is -0.397 e. The van der Waals surface area contributed by atoms with E-state index in [9.17, 15) is 9.59 Å². The third kappa shape index (κ3) is 4.36. The first kappa shape index (κ1) is 15.6. The average molecular weight is 310 g/mol. The molecule has 1 heterocycles. The second-order valence-corrected chi connectivity index (χ2v) is 5.96. The number of benzene rings is 1. The standard InChI is InChI=1S/C15H20ClN3O2/c1-10-2-5-15(21)19(7-6-10)9-14(20)18-13-4-3-11(16)8-12(13)17/h3-4,8,10H,2,5-7,9,17H2,1H3,(H,18,20). The van der Waals surface area contributed by atoms with Gasteiger partial charge in [-0.3, -0.25) is 9.59 Å². The van der Waals surface area contributed by atoms with E-state index in [1.54, 1.807) is 23.1 Å². The number of hydrogen-bond donors (Lipinski definition) is 2. The summed E-state index contributed by atoms with van der Waals surface area (Å²) in [5, 5.41) is 3.24. The molecule has 0 aliphatic carbocycles. The molecule has 0 aromatic heterocycles. The van der Waals surface area contributed by atoms with Gasteiger partial charge < -0.3 is 16.0 Å². The summed E-state index contributed by atoms with van der Waals surface area (Å²) in [5.41, 5.74) is 6.72. The van der Waals surface area contributed by atoms with E-state index in [2.05, 4.69) is 12.2 Å². The van der Waals surface area contributed by atoms with Gasteiger partial charge in [-0.25, -0.2) is 0 Å². The van der Waals surface area contributed by atoms with Crippen LogP contribution in [0.15, 0.2) is 18.2 Å². The van der Waals surface area contributed by atoms with E-state index in [0.29, 0.717) is 35.3 Å². The maximum Gasteiger partial charge on any atom is 0.244 e. The first-order chi connectivity index (χ1) is 9.95. The van der Waals surface area contributed by atoms with E-state index in [1.165, 1.54) is 0 Å². The monoisotopic (exact) mass is 309 g/mol. The molecule has 1 aliphatic heterocycles. The van der Waals surface area contributed by atoms with Crippen LogP contribution in [0.3, 0.4) is 0 Å². The molecule has 1 aromatic rings. The van der Waals surface area contributed by atoms with Crippen LogP contribution in [0.1, 0.15) is 26.2 Å². The summed E-state index contributed by atoms with van der Waals surface area (Å²) in [6.07, 6.45) is 2.33. The summed E-state index contributed by atoms with van der Waals surface area (Å²) in [7, 11) is 0. The smallest absolute Gasteiger partial charge is 0.244 e. The zero-order valence-corrected chi connectivity index (χ0v) is 12.8. The van der Waals surface area contributed by atoms with E-state index in [1.807, 2.05) is 0 Å². The van der Waals surface area contributed by atoms with Crippen molar-refractivity contribution in [1.82, 2.24) is 4.90 Å². The number of nitrogen functional groups attached to an aromatic ring is 1. The third-order valence-electron chi connectivity index (χ3n) is 3.72. The number of carbonyl (C=O) groups excluding carboxylic acids is 2. The molecule has 1 fully saturated rings. The number of amides is 2. The lowest BCUT2D eigenvalue weighted by molar-refractivity contribution is -0.134. The van der Waals surface area contributed by atoms with Crippen molar-refractivity contribution >= 4 is 34.8 Å². The Bertz CT molecular complexity index is 548. The second kappa shape index (κ2) is 6.80. The van der Waals surface area contributed by atoms with Gasteiger partial charge in [0.2, 0.25) is 11.8 Å². The molecule has 5 nitrogen and oxygen atoms in total. The van der Waals surface area contributed by atoms with Crippen LogP contribution >= 0.6 is 11.6 Å². The molecule has 6 heteroatoms. The molecule has 3 N–H and O–H groups in total. The van der Waals surface area contributed by atoms with Gasteiger partial charge in [0.05, 0.1) is 17.9 Å². The van der Waals surface area contributed by atoms with Crippen LogP contribution in [0.4, 0.5) is 11.4 Å². The van der Waals surface area contributed by atoms with Crippen molar-refractivity contribution in [3.63, 3.8) is 0 Å². The van der Waals surface area contributed by atoms with Crippen molar-refractivity contribution in [2.24, 2.45) is 5.92 Å². The number of nitrogens with zero attached hydrogens (tertiary/aromatic N) is 1. The van der Waals surface area contributed by atoms with Crippen molar-refractivity contribution in [3.8, 4) is 0 Å². The largest absolute Gasteiger partial charge is 0.397 e. The molecular formula is C15H20ClN3O2. The number of rotatable bonds is 3. The Morgan fingerprint density at radius 1 is 1.48 bits per heavy atom. The number of anilines is 2. The molecular weight excluding hydrogens is 290 g/mol. The van der Waals surface area contributed by atoms with Gasteiger partial charge >= 0.3 is 0 Å². The predicted octanol–water partition coefficient (Wildman–Crippen LogP) is 2.51.